The summed E-state index contributed by atoms with van der Waals surface area (Å²) in [6.07, 6.45) is 3.53. The summed E-state index contributed by atoms with van der Waals surface area (Å²) >= 11 is 0. The first kappa shape index (κ1) is 16.9. The van der Waals surface area contributed by atoms with Gasteiger partial charge in [0.2, 0.25) is 0 Å². The maximum Gasteiger partial charge on any atom is 0.159 e. The Kier molecular flexibility index (Phi) is 6.09. The van der Waals surface area contributed by atoms with Gasteiger partial charge in [0.25, 0.3) is 0 Å². The van der Waals surface area contributed by atoms with Gasteiger partial charge >= 0.3 is 0 Å². The van der Waals surface area contributed by atoms with Gasteiger partial charge < -0.3 is 10.6 Å². The first-order valence-electron chi connectivity index (χ1n) is 8.06. The van der Waals surface area contributed by atoms with Gasteiger partial charge in [-0.05, 0) is 32.4 Å². The van der Waals surface area contributed by atoms with E-state index in [0.29, 0.717) is 11.4 Å². The van der Waals surface area contributed by atoms with Crippen LogP contribution < -0.4 is 10.6 Å². The highest BCUT2D eigenvalue weighted by molar-refractivity contribution is 5.95. The third kappa shape index (κ3) is 5.36. The summed E-state index contributed by atoms with van der Waals surface area (Å²) in [6.45, 7) is 6.52. The topological polar surface area (TPSA) is 66.9 Å². The molecule has 0 unspecified atom stereocenters. The van der Waals surface area contributed by atoms with Crippen LogP contribution in [0, 0.1) is 6.92 Å². The lowest BCUT2D eigenvalue weighted by atomic mass is 10.1. The molecule has 0 radical (unpaired) electrons. The highest BCUT2D eigenvalue weighted by Gasteiger charge is 2.04. The predicted octanol–water partition coefficient (Wildman–Crippen LogP) is 4.33. The first-order chi connectivity index (χ1) is 11.1. The van der Waals surface area contributed by atoms with Crippen LogP contribution in [0.2, 0.25) is 0 Å². The number of rotatable bonds is 8. The number of carbonyl (C=O) groups excluding carboxylic acids is 1. The summed E-state index contributed by atoms with van der Waals surface area (Å²) in [7, 11) is 0. The minimum absolute atomic E-state index is 0.0470. The van der Waals surface area contributed by atoms with Gasteiger partial charge in [-0.1, -0.05) is 31.9 Å². The molecule has 0 saturated heterocycles. The number of Topliss-reactive ketones (excluding diaryl/α,β-unsaturated/α-hetero) is 1. The lowest BCUT2D eigenvalue weighted by molar-refractivity contribution is 0.101. The van der Waals surface area contributed by atoms with Gasteiger partial charge in [-0.15, -0.1) is 0 Å². The third-order valence-electron chi connectivity index (χ3n) is 3.47. The molecule has 0 amide bonds. The van der Waals surface area contributed by atoms with E-state index in [2.05, 4.69) is 27.5 Å². The molecule has 122 valence electrons. The number of hydrogen-bond donors (Lipinski definition) is 2. The lowest BCUT2D eigenvalue weighted by Crippen LogP contribution is -2.06. The van der Waals surface area contributed by atoms with Crippen molar-refractivity contribution in [2.24, 2.45) is 0 Å². The second-order valence-electron chi connectivity index (χ2n) is 5.58. The molecule has 0 fully saturated rings. The number of hydrogen-bond acceptors (Lipinski definition) is 5. The maximum atomic E-state index is 11.5. The summed E-state index contributed by atoms with van der Waals surface area (Å²) in [5.74, 6) is 2.29. The SMILES string of the molecule is CCCCCNc1cc(Nc2cccc(C(C)=O)c2)nc(C)n1. The summed E-state index contributed by atoms with van der Waals surface area (Å²) < 4.78 is 0. The van der Waals surface area contributed by atoms with Crippen molar-refractivity contribution in [3.8, 4) is 0 Å². The lowest BCUT2D eigenvalue weighted by Gasteiger charge is -2.10. The van der Waals surface area contributed by atoms with Crippen LogP contribution in [0.4, 0.5) is 17.3 Å². The summed E-state index contributed by atoms with van der Waals surface area (Å²) in [4.78, 5) is 20.3. The zero-order valence-electron chi connectivity index (χ0n) is 14.0. The average Bonchev–Trinajstić information content (AvgIpc) is 2.51. The van der Waals surface area contributed by atoms with E-state index in [4.69, 9.17) is 0 Å². The molecule has 1 aromatic heterocycles. The molecule has 0 atom stereocenters. The number of aryl methyl sites for hydroxylation is 1. The summed E-state index contributed by atoms with van der Waals surface area (Å²) in [5, 5.41) is 6.57. The Hall–Kier alpha value is -2.43. The van der Waals surface area contributed by atoms with Gasteiger partial charge in [-0.25, -0.2) is 9.97 Å². The predicted molar refractivity (Wildman–Crippen MR) is 94.5 cm³/mol. The standard InChI is InChI=1S/C18H24N4O/c1-4-5-6-10-19-17-12-18(21-14(3)20-17)22-16-9-7-8-15(11-16)13(2)23/h7-9,11-12H,4-6,10H2,1-3H3,(H2,19,20,21,22). The smallest absolute Gasteiger partial charge is 0.159 e. The van der Waals surface area contributed by atoms with E-state index in [1.165, 1.54) is 12.8 Å². The molecule has 0 bridgehead atoms. The zero-order valence-corrected chi connectivity index (χ0v) is 14.0. The fraction of sp³-hybridized carbons (Fsp3) is 0.389. The molecule has 1 aromatic carbocycles. The Morgan fingerprint density at radius 3 is 2.65 bits per heavy atom. The summed E-state index contributed by atoms with van der Waals surface area (Å²) in [6, 6.07) is 9.29. The molecular weight excluding hydrogens is 288 g/mol. The fourth-order valence-electron chi connectivity index (χ4n) is 2.28. The number of anilines is 3. The van der Waals surface area contributed by atoms with E-state index in [-0.39, 0.29) is 5.78 Å². The highest BCUT2D eigenvalue weighted by atomic mass is 16.1. The Morgan fingerprint density at radius 1 is 1.13 bits per heavy atom. The van der Waals surface area contributed by atoms with Crippen molar-refractivity contribution in [2.75, 3.05) is 17.2 Å². The Labute approximate surface area is 137 Å². The minimum atomic E-state index is 0.0470. The molecule has 2 rings (SSSR count). The van der Waals surface area contributed by atoms with E-state index in [0.717, 1.165) is 30.3 Å². The molecule has 1 heterocycles. The first-order valence-corrected chi connectivity index (χ1v) is 8.06. The van der Waals surface area contributed by atoms with E-state index < -0.39 is 0 Å². The molecule has 5 nitrogen and oxygen atoms in total. The van der Waals surface area contributed by atoms with Crippen LogP contribution in [0.15, 0.2) is 30.3 Å². The zero-order chi connectivity index (χ0) is 16.7. The van der Waals surface area contributed by atoms with Crippen molar-refractivity contribution in [1.29, 1.82) is 0 Å². The Balaban J connectivity index is 2.09. The average molecular weight is 312 g/mol. The van der Waals surface area contributed by atoms with E-state index in [1.807, 2.05) is 31.2 Å². The number of ketones is 1. The molecular formula is C18H24N4O. The van der Waals surface area contributed by atoms with Crippen LogP contribution in [0.3, 0.4) is 0 Å². The largest absolute Gasteiger partial charge is 0.370 e. The van der Waals surface area contributed by atoms with E-state index >= 15 is 0 Å². The Bertz CT molecular complexity index is 670. The monoisotopic (exact) mass is 312 g/mol. The second kappa shape index (κ2) is 8.27. The quantitative estimate of drug-likeness (QED) is 0.561. The van der Waals surface area contributed by atoms with Gasteiger partial charge in [0.1, 0.15) is 17.5 Å². The van der Waals surface area contributed by atoms with Crippen molar-refractivity contribution in [1.82, 2.24) is 9.97 Å². The van der Waals surface area contributed by atoms with Gasteiger partial charge in [0.15, 0.2) is 5.78 Å². The molecule has 0 saturated carbocycles. The van der Waals surface area contributed by atoms with E-state index in [9.17, 15) is 4.79 Å². The summed E-state index contributed by atoms with van der Waals surface area (Å²) in [5.41, 5.74) is 1.52. The molecule has 5 heteroatoms. The molecule has 0 spiro atoms. The number of benzene rings is 1. The molecule has 0 aliphatic heterocycles. The minimum Gasteiger partial charge on any atom is -0.370 e. The van der Waals surface area contributed by atoms with Crippen LogP contribution in [0.1, 0.15) is 49.3 Å². The molecule has 0 aliphatic carbocycles. The van der Waals surface area contributed by atoms with Crippen molar-refractivity contribution in [3.05, 3.63) is 41.7 Å². The van der Waals surface area contributed by atoms with Gasteiger partial charge in [-0.3, -0.25) is 4.79 Å². The number of nitrogens with zero attached hydrogens (tertiary/aromatic N) is 2. The van der Waals surface area contributed by atoms with Crippen LogP contribution in [0.25, 0.3) is 0 Å². The normalized spacial score (nSPS) is 10.4. The Morgan fingerprint density at radius 2 is 1.91 bits per heavy atom. The maximum absolute atomic E-state index is 11.5. The van der Waals surface area contributed by atoms with Crippen molar-refractivity contribution in [2.45, 2.75) is 40.0 Å². The van der Waals surface area contributed by atoms with Crippen LogP contribution in [-0.2, 0) is 0 Å². The molecule has 23 heavy (non-hydrogen) atoms. The molecule has 0 aliphatic rings. The number of nitrogens with one attached hydrogen (secondary N) is 2. The van der Waals surface area contributed by atoms with Gasteiger partial charge in [0, 0.05) is 23.9 Å². The third-order valence-corrected chi connectivity index (χ3v) is 3.47. The van der Waals surface area contributed by atoms with Gasteiger partial charge in [0.05, 0.1) is 0 Å². The molecule has 2 N–H and O–H groups in total. The van der Waals surface area contributed by atoms with Crippen molar-refractivity contribution in [3.63, 3.8) is 0 Å². The van der Waals surface area contributed by atoms with Crippen LogP contribution in [-0.4, -0.2) is 22.3 Å². The van der Waals surface area contributed by atoms with Crippen LogP contribution >= 0.6 is 0 Å². The number of carbonyl (C=O) groups is 1. The van der Waals surface area contributed by atoms with Crippen molar-refractivity contribution < 1.29 is 4.79 Å². The highest BCUT2D eigenvalue weighted by Crippen LogP contribution is 2.19. The fourth-order valence-corrected chi connectivity index (χ4v) is 2.28. The number of aromatic nitrogens is 2. The van der Waals surface area contributed by atoms with Gasteiger partial charge in [-0.2, -0.15) is 0 Å². The second-order valence-corrected chi connectivity index (χ2v) is 5.58. The number of unbranched alkanes of at least 4 members (excludes halogenated alkanes) is 2. The van der Waals surface area contributed by atoms with Crippen molar-refractivity contribution >= 4 is 23.1 Å². The molecule has 2 aromatic rings. The van der Waals surface area contributed by atoms with Crippen LogP contribution in [0.5, 0.6) is 0 Å². The van der Waals surface area contributed by atoms with E-state index in [1.54, 1.807) is 13.0 Å².